The van der Waals surface area contributed by atoms with E-state index < -0.39 is 0 Å². The van der Waals surface area contributed by atoms with Crippen molar-refractivity contribution in [3.05, 3.63) is 35.9 Å². The van der Waals surface area contributed by atoms with Crippen LogP contribution in [0, 0.1) is 0 Å². The SMILES string of the molecule is COCCNCCNC(=O)C(C)N(C)Cc1ccccc1.Cl.Cl. The van der Waals surface area contributed by atoms with Gasteiger partial charge in [0.25, 0.3) is 0 Å². The Balaban J connectivity index is 0. The zero-order valence-corrected chi connectivity index (χ0v) is 15.7. The summed E-state index contributed by atoms with van der Waals surface area (Å²) in [5, 5.41) is 6.14. The lowest BCUT2D eigenvalue weighted by molar-refractivity contribution is -0.125. The molecule has 134 valence electrons. The molecule has 0 aliphatic carbocycles. The monoisotopic (exact) mass is 365 g/mol. The fourth-order valence-electron chi connectivity index (χ4n) is 1.93. The lowest BCUT2D eigenvalue weighted by atomic mass is 10.2. The number of methoxy groups -OCH3 is 1. The smallest absolute Gasteiger partial charge is 0.237 e. The number of hydrogen-bond acceptors (Lipinski definition) is 4. The summed E-state index contributed by atoms with van der Waals surface area (Å²) in [6.45, 7) is 5.56. The van der Waals surface area contributed by atoms with E-state index in [9.17, 15) is 4.79 Å². The van der Waals surface area contributed by atoms with Gasteiger partial charge in [-0.05, 0) is 19.5 Å². The summed E-state index contributed by atoms with van der Waals surface area (Å²) in [5.74, 6) is 0.0574. The van der Waals surface area contributed by atoms with Gasteiger partial charge in [-0.25, -0.2) is 0 Å². The van der Waals surface area contributed by atoms with Gasteiger partial charge >= 0.3 is 0 Å². The van der Waals surface area contributed by atoms with Gasteiger partial charge in [0.15, 0.2) is 0 Å². The first-order chi connectivity index (χ1) is 10.1. The van der Waals surface area contributed by atoms with Crippen LogP contribution < -0.4 is 10.6 Å². The van der Waals surface area contributed by atoms with Crippen molar-refractivity contribution in [2.24, 2.45) is 0 Å². The molecule has 0 fully saturated rings. The Bertz CT molecular complexity index is 408. The van der Waals surface area contributed by atoms with E-state index in [4.69, 9.17) is 4.74 Å². The quantitative estimate of drug-likeness (QED) is 0.619. The van der Waals surface area contributed by atoms with Crippen LogP contribution in [0.2, 0.25) is 0 Å². The van der Waals surface area contributed by atoms with Gasteiger partial charge in [-0.3, -0.25) is 9.69 Å². The van der Waals surface area contributed by atoms with Gasteiger partial charge < -0.3 is 15.4 Å². The maximum atomic E-state index is 12.1. The van der Waals surface area contributed by atoms with Crippen LogP contribution >= 0.6 is 24.8 Å². The molecule has 0 saturated heterocycles. The summed E-state index contributed by atoms with van der Waals surface area (Å²) in [6, 6.07) is 10.0. The number of amides is 1. The van der Waals surface area contributed by atoms with E-state index in [1.54, 1.807) is 7.11 Å². The molecule has 23 heavy (non-hydrogen) atoms. The number of benzene rings is 1. The van der Waals surface area contributed by atoms with Crippen molar-refractivity contribution in [2.75, 3.05) is 40.4 Å². The van der Waals surface area contributed by atoms with Crippen LogP contribution in [0.3, 0.4) is 0 Å². The van der Waals surface area contributed by atoms with Crippen molar-refractivity contribution in [1.82, 2.24) is 15.5 Å². The summed E-state index contributed by atoms with van der Waals surface area (Å²) < 4.78 is 4.94. The molecular formula is C16H29Cl2N3O2. The second kappa shape index (κ2) is 14.7. The van der Waals surface area contributed by atoms with Gasteiger partial charge in [0, 0.05) is 33.3 Å². The van der Waals surface area contributed by atoms with E-state index >= 15 is 0 Å². The molecule has 7 heteroatoms. The number of carbonyl (C=O) groups excluding carboxylic acids is 1. The van der Waals surface area contributed by atoms with Crippen LogP contribution in [0.5, 0.6) is 0 Å². The average Bonchev–Trinajstić information content (AvgIpc) is 2.50. The molecule has 1 amide bonds. The lowest BCUT2D eigenvalue weighted by Crippen LogP contribution is -2.44. The molecule has 2 N–H and O–H groups in total. The molecule has 0 aliphatic heterocycles. The van der Waals surface area contributed by atoms with Crippen LogP contribution in [0.15, 0.2) is 30.3 Å². The highest BCUT2D eigenvalue weighted by Gasteiger charge is 2.17. The minimum Gasteiger partial charge on any atom is -0.383 e. The Morgan fingerprint density at radius 2 is 1.83 bits per heavy atom. The zero-order valence-electron chi connectivity index (χ0n) is 14.1. The summed E-state index contributed by atoms with van der Waals surface area (Å²) in [4.78, 5) is 14.1. The molecule has 0 radical (unpaired) electrons. The third kappa shape index (κ3) is 10.5. The van der Waals surface area contributed by atoms with Crippen molar-refractivity contribution in [1.29, 1.82) is 0 Å². The van der Waals surface area contributed by atoms with Crippen molar-refractivity contribution in [3.8, 4) is 0 Å². The Kier molecular flexibility index (Phi) is 15.6. The lowest BCUT2D eigenvalue weighted by Gasteiger charge is -2.24. The Morgan fingerprint density at radius 1 is 1.17 bits per heavy atom. The molecule has 0 spiro atoms. The number of ether oxygens (including phenoxy) is 1. The predicted molar refractivity (Wildman–Crippen MR) is 99.6 cm³/mol. The van der Waals surface area contributed by atoms with Gasteiger partial charge in [-0.15, -0.1) is 24.8 Å². The maximum Gasteiger partial charge on any atom is 0.237 e. The number of carbonyl (C=O) groups is 1. The van der Waals surface area contributed by atoms with E-state index in [1.807, 2.05) is 37.1 Å². The fraction of sp³-hybridized carbons (Fsp3) is 0.562. The first-order valence-electron chi connectivity index (χ1n) is 7.36. The highest BCUT2D eigenvalue weighted by molar-refractivity contribution is 5.85. The van der Waals surface area contributed by atoms with Gasteiger partial charge in [-0.2, -0.15) is 0 Å². The van der Waals surface area contributed by atoms with E-state index in [1.165, 1.54) is 5.56 Å². The Labute approximate surface area is 152 Å². The number of rotatable bonds is 10. The molecule has 0 heterocycles. The van der Waals surface area contributed by atoms with Crippen LogP contribution in [0.1, 0.15) is 12.5 Å². The Morgan fingerprint density at radius 3 is 2.43 bits per heavy atom. The number of halogens is 2. The highest BCUT2D eigenvalue weighted by Crippen LogP contribution is 2.05. The third-order valence-corrected chi connectivity index (χ3v) is 3.40. The number of nitrogens with one attached hydrogen (secondary N) is 2. The van der Waals surface area contributed by atoms with E-state index in [-0.39, 0.29) is 36.8 Å². The second-order valence-electron chi connectivity index (χ2n) is 5.11. The number of hydrogen-bond donors (Lipinski definition) is 2. The van der Waals surface area contributed by atoms with Gasteiger partial charge in [0.2, 0.25) is 5.91 Å². The highest BCUT2D eigenvalue weighted by atomic mass is 35.5. The summed E-state index contributed by atoms with van der Waals surface area (Å²) in [5.41, 5.74) is 1.21. The molecule has 1 aromatic carbocycles. The Hall–Kier alpha value is -0.850. The van der Waals surface area contributed by atoms with E-state index in [0.29, 0.717) is 13.2 Å². The first kappa shape index (κ1) is 24.4. The first-order valence-corrected chi connectivity index (χ1v) is 7.36. The predicted octanol–water partition coefficient (Wildman–Crippen LogP) is 1.70. The van der Waals surface area contributed by atoms with E-state index in [2.05, 4.69) is 22.8 Å². The molecule has 0 saturated carbocycles. The minimum atomic E-state index is -0.149. The van der Waals surface area contributed by atoms with Gasteiger partial charge in [-0.1, -0.05) is 30.3 Å². The third-order valence-electron chi connectivity index (χ3n) is 3.40. The van der Waals surface area contributed by atoms with Crippen molar-refractivity contribution < 1.29 is 9.53 Å². The molecule has 1 atom stereocenters. The minimum absolute atomic E-state index is 0. The molecule has 0 aromatic heterocycles. The molecule has 1 rings (SSSR count). The molecule has 0 aliphatic rings. The summed E-state index contributed by atoms with van der Waals surface area (Å²) in [6.07, 6.45) is 0. The second-order valence-corrected chi connectivity index (χ2v) is 5.11. The largest absolute Gasteiger partial charge is 0.383 e. The molecular weight excluding hydrogens is 337 g/mol. The van der Waals surface area contributed by atoms with Crippen molar-refractivity contribution in [2.45, 2.75) is 19.5 Å². The number of likely N-dealkylation sites (N-methyl/N-ethyl adjacent to an activating group) is 1. The topological polar surface area (TPSA) is 53.6 Å². The fourth-order valence-corrected chi connectivity index (χ4v) is 1.93. The van der Waals surface area contributed by atoms with Gasteiger partial charge in [0.05, 0.1) is 12.6 Å². The summed E-state index contributed by atoms with van der Waals surface area (Å²) in [7, 11) is 3.64. The van der Waals surface area contributed by atoms with Crippen LogP contribution in [-0.2, 0) is 16.1 Å². The average molecular weight is 366 g/mol. The normalized spacial score (nSPS) is 11.3. The summed E-state index contributed by atoms with van der Waals surface area (Å²) >= 11 is 0. The van der Waals surface area contributed by atoms with Crippen LogP contribution in [-0.4, -0.2) is 57.2 Å². The van der Waals surface area contributed by atoms with Crippen molar-refractivity contribution >= 4 is 30.7 Å². The maximum absolute atomic E-state index is 12.1. The van der Waals surface area contributed by atoms with Crippen molar-refractivity contribution in [3.63, 3.8) is 0 Å². The van der Waals surface area contributed by atoms with Gasteiger partial charge in [0.1, 0.15) is 0 Å². The molecule has 1 aromatic rings. The molecule has 5 nitrogen and oxygen atoms in total. The molecule has 0 bridgehead atoms. The van der Waals surface area contributed by atoms with E-state index in [0.717, 1.165) is 19.6 Å². The van der Waals surface area contributed by atoms with Crippen LogP contribution in [0.25, 0.3) is 0 Å². The van der Waals surface area contributed by atoms with Crippen LogP contribution in [0.4, 0.5) is 0 Å². The molecule has 1 unspecified atom stereocenters. The number of nitrogens with zero attached hydrogens (tertiary/aromatic N) is 1. The zero-order chi connectivity index (χ0) is 15.5. The standard InChI is InChI=1S/C16H27N3O2.2ClH/c1-14(16(20)18-10-9-17-11-12-21-3)19(2)13-15-7-5-4-6-8-15;;/h4-8,14,17H,9-13H2,1-3H3,(H,18,20);2*1H.